The lowest BCUT2D eigenvalue weighted by Crippen LogP contribution is -2.59. The van der Waals surface area contributed by atoms with E-state index in [1.807, 2.05) is 0 Å². The average Bonchev–Trinajstić information content (AvgIpc) is 2.42. The van der Waals surface area contributed by atoms with Crippen LogP contribution in [0.4, 0.5) is 13.2 Å². The second kappa shape index (κ2) is 6.15. The Kier molecular flexibility index (Phi) is 4.50. The van der Waals surface area contributed by atoms with Crippen LogP contribution in [0, 0.1) is 0 Å². The smallest absolute Gasteiger partial charge is 0.345 e. The van der Waals surface area contributed by atoms with Crippen LogP contribution >= 0.6 is 0 Å². The van der Waals surface area contributed by atoms with Crippen LogP contribution < -0.4 is 5.32 Å². The molecular weight excluding hydrogens is 285 g/mol. The quantitative estimate of drug-likeness (QED) is 0.916. The van der Waals surface area contributed by atoms with Gasteiger partial charge in [-0.25, -0.2) is 0 Å². The van der Waals surface area contributed by atoms with E-state index in [0.717, 1.165) is 10.5 Å². The number of rotatable bonds is 4. The van der Waals surface area contributed by atoms with Gasteiger partial charge in [0.2, 0.25) is 11.8 Å². The SMILES string of the molecule is O=C1NCC(=O)N(CCC(F)(F)F)C1Cc1ccccc1. The molecule has 21 heavy (non-hydrogen) atoms. The van der Waals surface area contributed by atoms with Crippen molar-refractivity contribution in [2.24, 2.45) is 0 Å². The highest BCUT2D eigenvalue weighted by molar-refractivity contribution is 5.95. The Balaban J connectivity index is 2.12. The van der Waals surface area contributed by atoms with Crippen LogP contribution in [0.2, 0.25) is 0 Å². The summed E-state index contributed by atoms with van der Waals surface area (Å²) in [6, 6.07) is 8.01. The zero-order chi connectivity index (χ0) is 15.5. The van der Waals surface area contributed by atoms with Crippen molar-refractivity contribution in [2.45, 2.75) is 25.1 Å². The average molecular weight is 300 g/mol. The summed E-state index contributed by atoms with van der Waals surface area (Å²) in [5.41, 5.74) is 0.796. The van der Waals surface area contributed by atoms with Crippen molar-refractivity contribution in [1.29, 1.82) is 0 Å². The maximum atomic E-state index is 12.4. The Bertz CT molecular complexity index is 517. The molecule has 2 amide bonds. The molecule has 7 heteroatoms. The second-order valence-electron chi connectivity index (χ2n) is 4.88. The first-order chi connectivity index (χ1) is 9.87. The fourth-order valence-corrected chi connectivity index (χ4v) is 2.27. The molecule has 1 aliphatic heterocycles. The number of amides is 2. The maximum Gasteiger partial charge on any atom is 0.390 e. The number of hydrogen-bond acceptors (Lipinski definition) is 2. The lowest BCUT2D eigenvalue weighted by molar-refractivity contribution is -0.155. The molecule has 4 nitrogen and oxygen atoms in total. The topological polar surface area (TPSA) is 49.4 Å². The summed E-state index contributed by atoms with van der Waals surface area (Å²) in [5, 5.41) is 2.42. The van der Waals surface area contributed by atoms with Crippen LogP contribution in [0.15, 0.2) is 30.3 Å². The zero-order valence-corrected chi connectivity index (χ0v) is 11.2. The van der Waals surface area contributed by atoms with Gasteiger partial charge in [-0.15, -0.1) is 0 Å². The molecule has 1 aliphatic rings. The molecule has 1 saturated heterocycles. The molecular formula is C14H15F3N2O2. The second-order valence-corrected chi connectivity index (χ2v) is 4.88. The van der Waals surface area contributed by atoms with Crippen molar-refractivity contribution in [3.05, 3.63) is 35.9 Å². The Hall–Kier alpha value is -2.05. The minimum absolute atomic E-state index is 0.205. The van der Waals surface area contributed by atoms with Gasteiger partial charge in [-0.3, -0.25) is 9.59 Å². The van der Waals surface area contributed by atoms with Gasteiger partial charge < -0.3 is 10.2 Å². The summed E-state index contributed by atoms with van der Waals surface area (Å²) >= 11 is 0. The summed E-state index contributed by atoms with van der Waals surface area (Å²) in [5.74, 6) is -0.902. The predicted molar refractivity (Wildman–Crippen MR) is 69.3 cm³/mol. The van der Waals surface area contributed by atoms with E-state index < -0.39 is 37.0 Å². The number of benzene rings is 1. The van der Waals surface area contributed by atoms with E-state index in [9.17, 15) is 22.8 Å². The summed E-state index contributed by atoms with van der Waals surface area (Å²) in [6.07, 6.45) is -5.26. The molecule has 1 fully saturated rings. The van der Waals surface area contributed by atoms with Crippen LogP contribution in [0.3, 0.4) is 0 Å². The number of halogens is 3. The van der Waals surface area contributed by atoms with Gasteiger partial charge in [0.05, 0.1) is 13.0 Å². The number of carbonyl (C=O) groups is 2. The number of nitrogens with one attached hydrogen (secondary N) is 1. The third-order valence-corrected chi connectivity index (χ3v) is 3.32. The minimum atomic E-state index is -4.36. The van der Waals surface area contributed by atoms with Gasteiger partial charge in [0.15, 0.2) is 0 Å². The molecule has 0 aromatic heterocycles. The van der Waals surface area contributed by atoms with Crippen molar-refractivity contribution in [2.75, 3.05) is 13.1 Å². The van der Waals surface area contributed by atoms with E-state index in [1.165, 1.54) is 0 Å². The van der Waals surface area contributed by atoms with Crippen LogP contribution in [0.25, 0.3) is 0 Å². The number of carbonyl (C=O) groups excluding carboxylic acids is 2. The van der Waals surface area contributed by atoms with Crippen LogP contribution in [0.1, 0.15) is 12.0 Å². The van der Waals surface area contributed by atoms with E-state index in [4.69, 9.17) is 0 Å². The standard InChI is InChI=1S/C14H15F3N2O2/c15-14(16,17)6-7-19-11(13(21)18-9-12(19)20)8-10-4-2-1-3-5-10/h1-5,11H,6-9H2,(H,18,21). The van der Waals surface area contributed by atoms with Gasteiger partial charge in [-0.05, 0) is 5.56 Å². The van der Waals surface area contributed by atoms with Crippen LogP contribution in [-0.2, 0) is 16.0 Å². The maximum absolute atomic E-state index is 12.4. The normalized spacial score (nSPS) is 19.6. The van der Waals surface area contributed by atoms with Gasteiger partial charge in [0.1, 0.15) is 6.04 Å². The van der Waals surface area contributed by atoms with E-state index >= 15 is 0 Å². The first-order valence-electron chi connectivity index (χ1n) is 6.55. The molecule has 0 saturated carbocycles. The molecule has 1 aromatic carbocycles. The highest BCUT2D eigenvalue weighted by atomic mass is 19.4. The molecule has 1 N–H and O–H groups in total. The Morgan fingerprint density at radius 2 is 1.86 bits per heavy atom. The van der Waals surface area contributed by atoms with Gasteiger partial charge in [0.25, 0.3) is 0 Å². The first kappa shape index (κ1) is 15.3. The Labute approximate surface area is 119 Å². The Morgan fingerprint density at radius 3 is 2.48 bits per heavy atom. The summed E-state index contributed by atoms with van der Waals surface area (Å²) in [6.45, 7) is -0.741. The molecule has 0 aliphatic carbocycles. The minimum Gasteiger partial charge on any atom is -0.345 e. The fourth-order valence-electron chi connectivity index (χ4n) is 2.27. The first-order valence-corrected chi connectivity index (χ1v) is 6.55. The molecule has 1 heterocycles. The third-order valence-electron chi connectivity index (χ3n) is 3.32. The van der Waals surface area contributed by atoms with Gasteiger partial charge in [0, 0.05) is 13.0 Å². The van der Waals surface area contributed by atoms with Crippen molar-refractivity contribution in [1.82, 2.24) is 10.2 Å². The molecule has 0 radical (unpaired) electrons. The summed E-state index contributed by atoms with van der Waals surface area (Å²) in [7, 11) is 0. The molecule has 0 spiro atoms. The largest absolute Gasteiger partial charge is 0.390 e. The van der Waals surface area contributed by atoms with Gasteiger partial charge >= 0.3 is 6.18 Å². The van der Waals surface area contributed by atoms with E-state index in [0.29, 0.717) is 0 Å². The zero-order valence-electron chi connectivity index (χ0n) is 11.2. The van der Waals surface area contributed by atoms with Crippen molar-refractivity contribution >= 4 is 11.8 Å². The van der Waals surface area contributed by atoms with Crippen molar-refractivity contribution < 1.29 is 22.8 Å². The number of nitrogens with zero attached hydrogens (tertiary/aromatic N) is 1. The van der Waals surface area contributed by atoms with E-state index in [2.05, 4.69) is 5.32 Å². The van der Waals surface area contributed by atoms with Crippen molar-refractivity contribution in [3.63, 3.8) is 0 Å². The summed E-state index contributed by atoms with van der Waals surface area (Å²) in [4.78, 5) is 24.7. The summed E-state index contributed by atoms with van der Waals surface area (Å²) < 4.78 is 37.1. The molecule has 2 rings (SSSR count). The van der Waals surface area contributed by atoms with E-state index in [1.54, 1.807) is 30.3 Å². The van der Waals surface area contributed by atoms with Crippen molar-refractivity contribution in [3.8, 4) is 0 Å². The lowest BCUT2D eigenvalue weighted by Gasteiger charge is -2.35. The monoisotopic (exact) mass is 300 g/mol. The lowest BCUT2D eigenvalue weighted by atomic mass is 10.0. The molecule has 1 atom stereocenters. The molecule has 114 valence electrons. The fraction of sp³-hybridized carbons (Fsp3) is 0.429. The third kappa shape index (κ3) is 4.21. The molecule has 1 aromatic rings. The van der Waals surface area contributed by atoms with Gasteiger partial charge in [-0.1, -0.05) is 30.3 Å². The number of piperazine rings is 1. The Morgan fingerprint density at radius 1 is 1.19 bits per heavy atom. The highest BCUT2D eigenvalue weighted by Gasteiger charge is 2.37. The van der Waals surface area contributed by atoms with Crippen LogP contribution in [-0.4, -0.2) is 42.0 Å². The molecule has 1 unspecified atom stereocenters. The molecule has 0 bridgehead atoms. The van der Waals surface area contributed by atoms with Gasteiger partial charge in [-0.2, -0.15) is 13.2 Å². The van der Waals surface area contributed by atoms with Crippen LogP contribution in [0.5, 0.6) is 0 Å². The number of hydrogen-bond donors (Lipinski definition) is 1. The highest BCUT2D eigenvalue weighted by Crippen LogP contribution is 2.22. The predicted octanol–water partition coefficient (Wildman–Crippen LogP) is 1.51. The number of alkyl halides is 3. The van der Waals surface area contributed by atoms with E-state index in [-0.39, 0.29) is 13.0 Å².